The maximum absolute atomic E-state index is 12.4. The second-order valence-electron chi connectivity index (χ2n) is 7.01. The Kier molecular flexibility index (Phi) is 8.96. The molecule has 2 amide bonds. The number of methoxy groups -OCH3 is 2. The summed E-state index contributed by atoms with van der Waals surface area (Å²) in [6, 6.07) is 18.1. The van der Waals surface area contributed by atoms with E-state index in [1.807, 2.05) is 0 Å². The van der Waals surface area contributed by atoms with Crippen LogP contribution in [-0.2, 0) is 4.79 Å². The van der Waals surface area contributed by atoms with Crippen molar-refractivity contribution >= 4 is 39.9 Å². The van der Waals surface area contributed by atoms with Gasteiger partial charge in [0, 0.05) is 10.0 Å². The predicted molar refractivity (Wildman–Crippen MR) is 133 cm³/mol. The molecule has 3 aromatic carbocycles. The second kappa shape index (κ2) is 12.3. The summed E-state index contributed by atoms with van der Waals surface area (Å²) in [5, 5.41) is 6.39. The van der Waals surface area contributed by atoms with E-state index in [4.69, 9.17) is 14.2 Å². The molecule has 3 aromatic rings. The van der Waals surface area contributed by atoms with E-state index in [9.17, 15) is 14.4 Å². The number of rotatable bonds is 9. The number of amides is 2. The SMILES string of the molecule is COc1ccc(C(=O)NCC(=O)NN=Cc2ccc(OC(=O)c3cccc(Br)c3)c(OC)c2)cc1. The molecule has 0 bridgehead atoms. The lowest BCUT2D eigenvalue weighted by atomic mass is 10.2. The van der Waals surface area contributed by atoms with E-state index in [0.29, 0.717) is 28.2 Å². The fourth-order valence-corrected chi connectivity index (χ4v) is 3.25. The van der Waals surface area contributed by atoms with E-state index in [1.54, 1.807) is 66.7 Å². The Morgan fingerprint density at radius 3 is 2.37 bits per heavy atom. The Hall–Kier alpha value is -4.18. The number of nitrogens with one attached hydrogen (secondary N) is 2. The first-order valence-corrected chi connectivity index (χ1v) is 11.1. The Bertz CT molecular complexity index is 1240. The Morgan fingerprint density at radius 1 is 0.914 bits per heavy atom. The molecule has 0 atom stereocenters. The van der Waals surface area contributed by atoms with E-state index >= 15 is 0 Å². The van der Waals surface area contributed by atoms with Crippen LogP contribution in [0.3, 0.4) is 0 Å². The third kappa shape index (κ3) is 7.41. The molecular weight excluding hydrogens is 518 g/mol. The molecule has 180 valence electrons. The molecular formula is C25H22BrN3O6. The van der Waals surface area contributed by atoms with Crippen molar-refractivity contribution in [3.05, 3.63) is 87.9 Å². The van der Waals surface area contributed by atoms with Gasteiger partial charge < -0.3 is 19.5 Å². The van der Waals surface area contributed by atoms with Crippen LogP contribution in [0, 0.1) is 0 Å². The average molecular weight is 540 g/mol. The predicted octanol–water partition coefficient (Wildman–Crippen LogP) is 3.57. The van der Waals surface area contributed by atoms with Crippen LogP contribution < -0.4 is 25.0 Å². The van der Waals surface area contributed by atoms with Crippen LogP contribution >= 0.6 is 15.9 Å². The Labute approximate surface area is 210 Å². The van der Waals surface area contributed by atoms with Gasteiger partial charge >= 0.3 is 5.97 Å². The lowest BCUT2D eigenvalue weighted by molar-refractivity contribution is -0.120. The zero-order valence-electron chi connectivity index (χ0n) is 18.9. The molecule has 0 aromatic heterocycles. The molecule has 0 fully saturated rings. The summed E-state index contributed by atoms with van der Waals surface area (Å²) in [6.07, 6.45) is 1.39. The van der Waals surface area contributed by atoms with Gasteiger partial charge in [0.15, 0.2) is 11.5 Å². The van der Waals surface area contributed by atoms with E-state index in [-0.39, 0.29) is 12.3 Å². The summed E-state index contributed by atoms with van der Waals surface area (Å²) in [5.41, 5.74) is 3.70. The van der Waals surface area contributed by atoms with Crippen molar-refractivity contribution in [3.63, 3.8) is 0 Å². The largest absolute Gasteiger partial charge is 0.497 e. The summed E-state index contributed by atoms with van der Waals surface area (Å²) < 4.78 is 16.5. The molecule has 0 unspecified atom stereocenters. The molecule has 0 aliphatic carbocycles. The molecule has 0 saturated carbocycles. The molecule has 10 heteroatoms. The minimum atomic E-state index is -0.532. The lowest BCUT2D eigenvalue weighted by Gasteiger charge is -2.10. The first-order chi connectivity index (χ1) is 16.9. The van der Waals surface area contributed by atoms with Gasteiger partial charge in [0.2, 0.25) is 0 Å². The first kappa shape index (κ1) is 25.4. The molecule has 0 saturated heterocycles. The Balaban J connectivity index is 1.53. The van der Waals surface area contributed by atoms with Crippen molar-refractivity contribution < 1.29 is 28.6 Å². The number of hydrogen-bond acceptors (Lipinski definition) is 7. The molecule has 0 aliphatic rings. The highest BCUT2D eigenvalue weighted by atomic mass is 79.9. The topological polar surface area (TPSA) is 115 Å². The smallest absolute Gasteiger partial charge is 0.343 e. The molecule has 2 N–H and O–H groups in total. The van der Waals surface area contributed by atoms with Crippen LogP contribution in [0.5, 0.6) is 17.2 Å². The van der Waals surface area contributed by atoms with Crippen LogP contribution in [0.25, 0.3) is 0 Å². The highest BCUT2D eigenvalue weighted by Gasteiger charge is 2.13. The van der Waals surface area contributed by atoms with Crippen LogP contribution in [0.1, 0.15) is 26.3 Å². The van der Waals surface area contributed by atoms with Gasteiger partial charge in [0.1, 0.15) is 5.75 Å². The fraction of sp³-hybridized carbons (Fsp3) is 0.120. The van der Waals surface area contributed by atoms with Gasteiger partial charge in [-0.15, -0.1) is 0 Å². The molecule has 0 aliphatic heterocycles. The van der Waals surface area contributed by atoms with Crippen LogP contribution in [-0.4, -0.2) is 44.8 Å². The summed E-state index contributed by atoms with van der Waals surface area (Å²) in [7, 11) is 2.98. The zero-order chi connectivity index (χ0) is 25.2. The monoisotopic (exact) mass is 539 g/mol. The van der Waals surface area contributed by atoms with E-state index < -0.39 is 17.8 Å². The number of esters is 1. The number of ether oxygens (including phenoxy) is 3. The second-order valence-corrected chi connectivity index (χ2v) is 7.93. The molecule has 0 spiro atoms. The maximum atomic E-state index is 12.4. The molecule has 35 heavy (non-hydrogen) atoms. The number of nitrogens with zero attached hydrogens (tertiary/aromatic N) is 1. The summed E-state index contributed by atoms with van der Waals surface area (Å²) >= 11 is 3.32. The number of carbonyl (C=O) groups excluding carboxylic acids is 3. The van der Waals surface area contributed by atoms with Gasteiger partial charge in [-0.2, -0.15) is 5.10 Å². The van der Waals surface area contributed by atoms with Crippen molar-refractivity contribution in [1.29, 1.82) is 0 Å². The van der Waals surface area contributed by atoms with Gasteiger partial charge in [0.25, 0.3) is 11.8 Å². The van der Waals surface area contributed by atoms with Crippen LogP contribution in [0.2, 0.25) is 0 Å². The number of hydrazone groups is 1. The lowest BCUT2D eigenvalue weighted by Crippen LogP contribution is -2.34. The summed E-state index contributed by atoms with van der Waals surface area (Å²) in [6.45, 7) is -0.254. The number of hydrogen-bond donors (Lipinski definition) is 2. The highest BCUT2D eigenvalue weighted by Crippen LogP contribution is 2.28. The van der Waals surface area contributed by atoms with Crippen molar-refractivity contribution in [2.75, 3.05) is 20.8 Å². The van der Waals surface area contributed by atoms with Crippen molar-refractivity contribution in [1.82, 2.24) is 10.7 Å². The van der Waals surface area contributed by atoms with Crippen LogP contribution in [0.15, 0.2) is 76.3 Å². The van der Waals surface area contributed by atoms with E-state index in [1.165, 1.54) is 20.4 Å². The minimum Gasteiger partial charge on any atom is -0.497 e. The zero-order valence-corrected chi connectivity index (χ0v) is 20.5. The fourth-order valence-electron chi connectivity index (χ4n) is 2.85. The van der Waals surface area contributed by atoms with Gasteiger partial charge in [-0.25, -0.2) is 10.2 Å². The molecule has 3 rings (SSSR count). The minimum absolute atomic E-state index is 0.236. The number of halogens is 1. The molecule has 0 radical (unpaired) electrons. The maximum Gasteiger partial charge on any atom is 0.343 e. The van der Waals surface area contributed by atoms with Gasteiger partial charge in [-0.05, 0) is 66.2 Å². The number of benzene rings is 3. The van der Waals surface area contributed by atoms with E-state index in [2.05, 4.69) is 31.8 Å². The van der Waals surface area contributed by atoms with Crippen LogP contribution in [0.4, 0.5) is 0 Å². The van der Waals surface area contributed by atoms with Gasteiger partial charge in [-0.1, -0.05) is 22.0 Å². The standard InChI is InChI=1S/C25H22BrN3O6/c1-33-20-9-7-17(8-10-20)24(31)27-15-23(30)29-28-14-16-6-11-21(22(12-16)34-2)35-25(32)18-4-3-5-19(26)13-18/h3-14H,15H2,1-2H3,(H,27,31)(H,29,30). The first-order valence-electron chi connectivity index (χ1n) is 10.3. The van der Waals surface area contributed by atoms with Crippen molar-refractivity contribution in [3.8, 4) is 17.2 Å². The molecule has 9 nitrogen and oxygen atoms in total. The number of carbonyl (C=O) groups is 3. The summed E-state index contributed by atoms with van der Waals surface area (Å²) in [4.78, 5) is 36.5. The average Bonchev–Trinajstić information content (AvgIpc) is 2.88. The van der Waals surface area contributed by atoms with Gasteiger partial charge in [-0.3, -0.25) is 9.59 Å². The van der Waals surface area contributed by atoms with Crippen molar-refractivity contribution in [2.24, 2.45) is 5.10 Å². The quantitative estimate of drug-likeness (QED) is 0.186. The van der Waals surface area contributed by atoms with E-state index in [0.717, 1.165) is 4.47 Å². The van der Waals surface area contributed by atoms with Crippen molar-refractivity contribution in [2.45, 2.75) is 0 Å². The van der Waals surface area contributed by atoms with Gasteiger partial charge in [0.05, 0.1) is 32.5 Å². The Morgan fingerprint density at radius 2 is 1.69 bits per heavy atom. The third-order valence-electron chi connectivity index (χ3n) is 4.62. The summed E-state index contributed by atoms with van der Waals surface area (Å²) in [5.74, 6) is -0.259. The molecule has 0 heterocycles. The third-order valence-corrected chi connectivity index (χ3v) is 5.11. The highest BCUT2D eigenvalue weighted by molar-refractivity contribution is 9.10. The normalized spacial score (nSPS) is 10.5.